The van der Waals surface area contributed by atoms with Crippen molar-refractivity contribution in [2.75, 3.05) is 7.05 Å². The highest BCUT2D eigenvalue weighted by Crippen LogP contribution is 1.92. The van der Waals surface area contributed by atoms with Gasteiger partial charge in [-0.2, -0.15) is 5.01 Å². The van der Waals surface area contributed by atoms with Crippen molar-refractivity contribution in [1.82, 2.24) is 10.3 Å². The second kappa shape index (κ2) is 2.99. The molecular weight excluding hydrogens is 108 g/mol. The van der Waals surface area contributed by atoms with Gasteiger partial charge in [0.15, 0.2) is 0 Å². The third kappa shape index (κ3) is 2.23. The minimum Gasteiger partial charge on any atom is -0.276 e. The largest absolute Gasteiger partial charge is 0.276 e. The normalized spacial score (nSPS) is 12.0. The van der Waals surface area contributed by atoms with E-state index in [1.54, 1.807) is 7.05 Å². The first-order valence-electron chi connectivity index (χ1n) is 2.46. The van der Waals surface area contributed by atoms with Crippen LogP contribution in [-0.4, -0.2) is 33.8 Å². The van der Waals surface area contributed by atoms with E-state index in [1.807, 2.05) is 13.8 Å². The van der Waals surface area contributed by atoms with Gasteiger partial charge in [-0.05, 0) is 13.8 Å². The lowest BCUT2D eigenvalue weighted by Gasteiger charge is -2.22. The monoisotopic (exact) mass is 120 g/mol. The zero-order valence-electron chi connectivity index (χ0n) is 5.37. The molecule has 0 aliphatic carbocycles. The molecule has 0 rings (SSSR count). The van der Waals surface area contributed by atoms with Crippen LogP contribution in [0, 0.1) is 0 Å². The molecule has 0 heterocycles. The Bertz CT molecular complexity index is 57.1. The topological polar surface area (TPSA) is 46.9 Å². The minimum absolute atomic E-state index is 0.0741. The molecule has 0 aliphatic rings. The summed E-state index contributed by atoms with van der Waals surface area (Å²) in [5, 5.41) is 18.0. The second-order valence-electron chi connectivity index (χ2n) is 1.94. The number of nitrogens with zero attached hydrogens (tertiary/aromatic N) is 2. The standard InChI is InChI=1S/C4H12N2O2/c1-4(2)5(3)6(7)8/h4,7-8H,1-3H3. The van der Waals surface area contributed by atoms with E-state index in [2.05, 4.69) is 0 Å². The van der Waals surface area contributed by atoms with Crippen molar-refractivity contribution in [2.24, 2.45) is 0 Å². The van der Waals surface area contributed by atoms with Gasteiger partial charge in [0, 0.05) is 18.4 Å². The van der Waals surface area contributed by atoms with Gasteiger partial charge in [-0.1, -0.05) is 0 Å². The molecule has 0 saturated heterocycles. The zero-order valence-corrected chi connectivity index (χ0v) is 5.37. The Morgan fingerprint density at radius 3 is 1.62 bits per heavy atom. The number of rotatable bonds is 2. The van der Waals surface area contributed by atoms with Gasteiger partial charge < -0.3 is 0 Å². The van der Waals surface area contributed by atoms with Crippen LogP contribution in [0.5, 0.6) is 0 Å². The summed E-state index contributed by atoms with van der Waals surface area (Å²) in [6.07, 6.45) is 0. The first kappa shape index (κ1) is 7.84. The summed E-state index contributed by atoms with van der Waals surface area (Å²) in [4.78, 5) is 0. The van der Waals surface area contributed by atoms with Gasteiger partial charge in [-0.25, -0.2) is 0 Å². The fraction of sp³-hybridized carbons (Fsp3) is 1.00. The Hall–Kier alpha value is -0.160. The Labute approximate surface area is 48.8 Å². The van der Waals surface area contributed by atoms with Gasteiger partial charge in [-0.3, -0.25) is 10.4 Å². The van der Waals surface area contributed by atoms with Crippen LogP contribution in [0.4, 0.5) is 0 Å². The molecule has 0 bridgehead atoms. The third-order valence-electron chi connectivity index (χ3n) is 1.03. The molecule has 0 amide bonds. The lowest BCUT2D eigenvalue weighted by Crippen LogP contribution is -2.39. The summed E-state index contributed by atoms with van der Waals surface area (Å²) >= 11 is 0. The molecule has 0 aliphatic heterocycles. The number of hydrazine groups is 1. The van der Waals surface area contributed by atoms with E-state index < -0.39 is 0 Å². The van der Waals surface area contributed by atoms with Crippen LogP contribution in [0.25, 0.3) is 0 Å². The van der Waals surface area contributed by atoms with Gasteiger partial charge in [0.2, 0.25) is 0 Å². The summed E-state index contributed by atoms with van der Waals surface area (Å²) < 4.78 is 0. The Morgan fingerprint density at radius 2 is 1.62 bits per heavy atom. The fourth-order valence-electron chi connectivity index (χ4n) is 0.207. The zero-order chi connectivity index (χ0) is 6.73. The maximum atomic E-state index is 8.31. The van der Waals surface area contributed by atoms with Crippen LogP contribution in [0.15, 0.2) is 0 Å². The predicted octanol–water partition coefficient (Wildman–Crippen LogP) is 0.322. The smallest absolute Gasteiger partial charge is 0.0231 e. The maximum absolute atomic E-state index is 8.31. The van der Waals surface area contributed by atoms with Crippen molar-refractivity contribution in [2.45, 2.75) is 19.9 Å². The van der Waals surface area contributed by atoms with Gasteiger partial charge in [0.1, 0.15) is 0 Å². The molecule has 0 aromatic carbocycles. The summed E-state index contributed by atoms with van der Waals surface area (Å²) in [7, 11) is 1.57. The van der Waals surface area contributed by atoms with Crippen molar-refractivity contribution in [3.8, 4) is 0 Å². The van der Waals surface area contributed by atoms with E-state index in [4.69, 9.17) is 10.4 Å². The molecule has 8 heavy (non-hydrogen) atoms. The lowest BCUT2D eigenvalue weighted by atomic mass is 10.4. The average Bonchev–Trinajstić information content (AvgIpc) is 1.64. The molecule has 4 nitrogen and oxygen atoms in total. The van der Waals surface area contributed by atoms with Crippen molar-refractivity contribution >= 4 is 0 Å². The number of hydrogen-bond donors (Lipinski definition) is 2. The Kier molecular flexibility index (Phi) is 2.93. The van der Waals surface area contributed by atoms with E-state index in [0.717, 1.165) is 0 Å². The lowest BCUT2D eigenvalue weighted by molar-refractivity contribution is -0.418. The highest BCUT2D eigenvalue weighted by molar-refractivity contribution is 4.43. The van der Waals surface area contributed by atoms with Crippen LogP contribution >= 0.6 is 0 Å². The molecule has 0 unspecified atom stereocenters. The molecule has 0 aromatic heterocycles. The second-order valence-corrected chi connectivity index (χ2v) is 1.94. The van der Waals surface area contributed by atoms with Crippen LogP contribution in [0.2, 0.25) is 0 Å². The molecule has 4 heteroatoms. The molecule has 0 fully saturated rings. The van der Waals surface area contributed by atoms with Crippen molar-refractivity contribution < 1.29 is 10.4 Å². The highest BCUT2D eigenvalue weighted by Gasteiger charge is 2.06. The van der Waals surface area contributed by atoms with Crippen LogP contribution < -0.4 is 0 Å². The quantitative estimate of drug-likeness (QED) is 0.515. The van der Waals surface area contributed by atoms with E-state index in [0.29, 0.717) is 0 Å². The highest BCUT2D eigenvalue weighted by atomic mass is 16.8. The third-order valence-corrected chi connectivity index (χ3v) is 1.03. The average molecular weight is 120 g/mol. The van der Waals surface area contributed by atoms with Crippen molar-refractivity contribution in [1.29, 1.82) is 0 Å². The first-order chi connectivity index (χ1) is 3.55. The van der Waals surface area contributed by atoms with Gasteiger partial charge in [0.05, 0.1) is 0 Å². The molecule has 50 valence electrons. The predicted molar refractivity (Wildman–Crippen MR) is 28.3 cm³/mol. The van der Waals surface area contributed by atoms with Gasteiger partial charge in [0.25, 0.3) is 0 Å². The van der Waals surface area contributed by atoms with Crippen molar-refractivity contribution in [3.05, 3.63) is 0 Å². The summed E-state index contributed by atoms with van der Waals surface area (Å²) in [5.74, 6) is 0. The summed E-state index contributed by atoms with van der Waals surface area (Å²) in [6.45, 7) is 3.69. The van der Waals surface area contributed by atoms with Crippen molar-refractivity contribution in [3.63, 3.8) is 0 Å². The van der Waals surface area contributed by atoms with E-state index in [9.17, 15) is 0 Å². The van der Waals surface area contributed by atoms with E-state index >= 15 is 0 Å². The van der Waals surface area contributed by atoms with Gasteiger partial charge in [-0.15, -0.1) is 0 Å². The molecule has 0 saturated carbocycles. The van der Waals surface area contributed by atoms with Crippen LogP contribution in [-0.2, 0) is 0 Å². The maximum Gasteiger partial charge on any atom is 0.0231 e. The molecular formula is C4H12N2O2. The summed E-state index contributed by atoms with van der Waals surface area (Å²) in [6, 6.07) is 0.102. The minimum atomic E-state index is 0.0741. The summed E-state index contributed by atoms with van der Waals surface area (Å²) in [5.41, 5.74) is 0. The Morgan fingerprint density at radius 1 is 1.25 bits per heavy atom. The fourth-order valence-corrected chi connectivity index (χ4v) is 0.207. The Balaban J connectivity index is 3.46. The number of hydrogen-bond acceptors (Lipinski definition) is 4. The van der Waals surface area contributed by atoms with E-state index in [1.165, 1.54) is 5.01 Å². The molecule has 0 radical (unpaired) electrons. The molecule has 0 aromatic rings. The van der Waals surface area contributed by atoms with Crippen LogP contribution in [0.1, 0.15) is 13.8 Å². The molecule has 2 N–H and O–H groups in total. The first-order valence-corrected chi connectivity index (χ1v) is 2.46. The molecule has 0 atom stereocenters. The SMILES string of the molecule is CC(C)N(C)N(O)O. The van der Waals surface area contributed by atoms with E-state index in [-0.39, 0.29) is 11.4 Å². The van der Waals surface area contributed by atoms with Crippen LogP contribution in [0.3, 0.4) is 0 Å². The molecule has 0 spiro atoms. The van der Waals surface area contributed by atoms with Gasteiger partial charge >= 0.3 is 0 Å².